The van der Waals surface area contributed by atoms with Gasteiger partial charge in [0.05, 0.1) is 0 Å². The van der Waals surface area contributed by atoms with Crippen molar-refractivity contribution in [3.63, 3.8) is 0 Å². The minimum absolute atomic E-state index is 0.332. The molecule has 0 N–H and O–H groups in total. The number of rotatable bonds is 8. The first-order valence-corrected chi connectivity index (χ1v) is 6.05. The van der Waals surface area contributed by atoms with E-state index in [-0.39, 0.29) is 0 Å². The number of carbonyl (C=O) groups is 1. The molecule has 0 saturated carbocycles. The molecule has 0 fully saturated rings. The highest BCUT2D eigenvalue weighted by Crippen LogP contribution is 2.18. The topological polar surface area (TPSA) is 17.1 Å². The second-order valence-electron chi connectivity index (χ2n) is 4.79. The normalized spacial score (nSPS) is 15.1. The Morgan fingerprint density at radius 1 is 1.07 bits per heavy atom. The summed E-state index contributed by atoms with van der Waals surface area (Å²) < 4.78 is 0. The molecular weight excluding hydrogens is 172 g/mol. The van der Waals surface area contributed by atoms with Crippen molar-refractivity contribution in [2.45, 2.75) is 66.2 Å². The molecule has 1 heteroatoms. The van der Waals surface area contributed by atoms with Crippen molar-refractivity contribution in [1.82, 2.24) is 0 Å². The highest BCUT2D eigenvalue weighted by Gasteiger charge is 2.05. The summed E-state index contributed by atoms with van der Waals surface area (Å²) in [7, 11) is 0. The number of Topliss-reactive ketones (excluding diaryl/α,β-unsaturated/α-hetero) is 1. The second-order valence-corrected chi connectivity index (χ2v) is 4.79. The third-order valence-corrected chi connectivity index (χ3v) is 3.08. The fourth-order valence-electron chi connectivity index (χ4n) is 1.61. The quantitative estimate of drug-likeness (QED) is 0.571. The van der Waals surface area contributed by atoms with Gasteiger partial charge in [-0.1, -0.05) is 46.5 Å². The van der Waals surface area contributed by atoms with Crippen molar-refractivity contribution >= 4 is 5.78 Å². The molecule has 0 radical (unpaired) electrons. The minimum Gasteiger partial charge on any atom is -0.300 e. The van der Waals surface area contributed by atoms with Gasteiger partial charge in [-0.05, 0) is 25.2 Å². The maximum atomic E-state index is 10.8. The van der Waals surface area contributed by atoms with Crippen molar-refractivity contribution in [2.75, 3.05) is 0 Å². The standard InChI is InChI=1S/C13H26O/c1-5-11(2)7-6-8-12(3)9-10-13(4)14/h11-12H,5-10H2,1-4H3. The van der Waals surface area contributed by atoms with E-state index < -0.39 is 0 Å². The highest BCUT2D eigenvalue weighted by molar-refractivity contribution is 5.75. The molecular formula is C13H26O. The molecule has 0 aromatic carbocycles. The molecule has 0 heterocycles. The van der Waals surface area contributed by atoms with Crippen molar-refractivity contribution in [3.05, 3.63) is 0 Å². The van der Waals surface area contributed by atoms with Crippen LogP contribution >= 0.6 is 0 Å². The van der Waals surface area contributed by atoms with E-state index in [4.69, 9.17) is 0 Å². The highest BCUT2D eigenvalue weighted by atomic mass is 16.1. The van der Waals surface area contributed by atoms with Gasteiger partial charge in [0.2, 0.25) is 0 Å². The van der Waals surface area contributed by atoms with Gasteiger partial charge in [0.1, 0.15) is 5.78 Å². The maximum Gasteiger partial charge on any atom is 0.129 e. The molecule has 84 valence electrons. The first kappa shape index (κ1) is 13.7. The summed E-state index contributed by atoms with van der Waals surface area (Å²) in [4.78, 5) is 10.8. The summed E-state index contributed by atoms with van der Waals surface area (Å²) in [6.45, 7) is 8.52. The van der Waals surface area contributed by atoms with Crippen LogP contribution in [0.1, 0.15) is 66.2 Å². The molecule has 1 nitrogen and oxygen atoms in total. The van der Waals surface area contributed by atoms with Gasteiger partial charge in [0.15, 0.2) is 0 Å². The zero-order valence-electron chi connectivity index (χ0n) is 10.3. The average molecular weight is 198 g/mol. The third kappa shape index (κ3) is 8.28. The van der Waals surface area contributed by atoms with Gasteiger partial charge in [-0.25, -0.2) is 0 Å². The Hall–Kier alpha value is -0.330. The Bertz CT molecular complexity index is 151. The zero-order valence-corrected chi connectivity index (χ0v) is 10.3. The molecule has 0 aliphatic rings. The molecule has 0 spiro atoms. The molecule has 0 aliphatic heterocycles. The number of hydrogen-bond acceptors (Lipinski definition) is 1. The predicted molar refractivity (Wildman–Crippen MR) is 62.4 cm³/mol. The number of hydrogen-bond donors (Lipinski definition) is 0. The van der Waals surface area contributed by atoms with Crippen LogP contribution in [0.4, 0.5) is 0 Å². The van der Waals surface area contributed by atoms with Crippen LogP contribution < -0.4 is 0 Å². The van der Waals surface area contributed by atoms with E-state index in [1.807, 2.05) is 0 Å². The Labute approximate surface area is 89.3 Å². The maximum absolute atomic E-state index is 10.8. The van der Waals surface area contributed by atoms with Crippen molar-refractivity contribution in [1.29, 1.82) is 0 Å². The van der Waals surface area contributed by atoms with Gasteiger partial charge in [0, 0.05) is 6.42 Å². The van der Waals surface area contributed by atoms with E-state index in [0.717, 1.165) is 24.7 Å². The van der Waals surface area contributed by atoms with E-state index >= 15 is 0 Å². The lowest BCUT2D eigenvalue weighted by Gasteiger charge is -2.12. The summed E-state index contributed by atoms with van der Waals surface area (Å²) in [5.74, 6) is 1.93. The van der Waals surface area contributed by atoms with Gasteiger partial charge < -0.3 is 4.79 Å². The van der Waals surface area contributed by atoms with Crippen LogP contribution in [0.2, 0.25) is 0 Å². The molecule has 2 unspecified atom stereocenters. The van der Waals surface area contributed by atoms with Gasteiger partial charge >= 0.3 is 0 Å². The monoisotopic (exact) mass is 198 g/mol. The third-order valence-electron chi connectivity index (χ3n) is 3.08. The second kappa shape index (κ2) is 8.02. The van der Waals surface area contributed by atoms with Crippen LogP contribution in [0, 0.1) is 11.8 Å². The van der Waals surface area contributed by atoms with Crippen LogP contribution in [-0.2, 0) is 4.79 Å². The van der Waals surface area contributed by atoms with E-state index in [1.165, 1.54) is 25.7 Å². The number of carbonyl (C=O) groups excluding carboxylic acids is 1. The van der Waals surface area contributed by atoms with Gasteiger partial charge in [0.25, 0.3) is 0 Å². The van der Waals surface area contributed by atoms with E-state index in [0.29, 0.717) is 5.78 Å². The van der Waals surface area contributed by atoms with E-state index in [2.05, 4.69) is 20.8 Å². The molecule has 0 bridgehead atoms. The molecule has 2 atom stereocenters. The van der Waals surface area contributed by atoms with Crippen molar-refractivity contribution < 1.29 is 4.79 Å². The van der Waals surface area contributed by atoms with Crippen LogP contribution in [0.15, 0.2) is 0 Å². The van der Waals surface area contributed by atoms with Crippen molar-refractivity contribution in [2.24, 2.45) is 11.8 Å². The Morgan fingerprint density at radius 3 is 2.14 bits per heavy atom. The van der Waals surface area contributed by atoms with Crippen LogP contribution in [0.3, 0.4) is 0 Å². The Morgan fingerprint density at radius 2 is 1.64 bits per heavy atom. The molecule has 0 aromatic rings. The molecule has 0 aliphatic carbocycles. The van der Waals surface area contributed by atoms with Crippen LogP contribution in [0.25, 0.3) is 0 Å². The Balaban J connectivity index is 3.35. The molecule has 0 aromatic heterocycles. The summed E-state index contributed by atoms with van der Waals surface area (Å²) in [5, 5.41) is 0. The molecule has 0 saturated heterocycles. The van der Waals surface area contributed by atoms with Gasteiger partial charge in [-0.2, -0.15) is 0 Å². The van der Waals surface area contributed by atoms with Crippen LogP contribution in [-0.4, -0.2) is 5.78 Å². The first-order valence-electron chi connectivity index (χ1n) is 6.05. The van der Waals surface area contributed by atoms with E-state index in [9.17, 15) is 4.79 Å². The summed E-state index contributed by atoms with van der Waals surface area (Å²) in [5.41, 5.74) is 0. The smallest absolute Gasteiger partial charge is 0.129 e. The Kier molecular flexibility index (Phi) is 7.83. The SMILES string of the molecule is CCC(C)CCCC(C)CCC(C)=O. The van der Waals surface area contributed by atoms with Gasteiger partial charge in [-0.15, -0.1) is 0 Å². The van der Waals surface area contributed by atoms with Crippen LogP contribution in [0.5, 0.6) is 0 Å². The lowest BCUT2D eigenvalue weighted by molar-refractivity contribution is -0.117. The molecule has 0 amide bonds. The largest absolute Gasteiger partial charge is 0.300 e. The lowest BCUT2D eigenvalue weighted by Crippen LogP contribution is -2.00. The average Bonchev–Trinajstić information content (AvgIpc) is 2.14. The molecule has 0 rings (SSSR count). The van der Waals surface area contributed by atoms with E-state index in [1.54, 1.807) is 6.92 Å². The molecule has 14 heavy (non-hydrogen) atoms. The zero-order chi connectivity index (χ0) is 11.0. The fraction of sp³-hybridized carbons (Fsp3) is 0.923. The lowest BCUT2D eigenvalue weighted by atomic mass is 9.94. The summed E-state index contributed by atoms with van der Waals surface area (Å²) in [6, 6.07) is 0. The van der Waals surface area contributed by atoms with Crippen molar-refractivity contribution in [3.8, 4) is 0 Å². The summed E-state index contributed by atoms with van der Waals surface area (Å²) >= 11 is 0. The fourth-order valence-corrected chi connectivity index (χ4v) is 1.61. The number of ketones is 1. The summed E-state index contributed by atoms with van der Waals surface area (Å²) in [6.07, 6.45) is 7.11. The predicted octanol–water partition coefficient (Wildman–Crippen LogP) is 4.21. The first-order chi connectivity index (χ1) is 6.56. The van der Waals surface area contributed by atoms with Gasteiger partial charge in [-0.3, -0.25) is 0 Å². The minimum atomic E-state index is 0.332.